The lowest BCUT2D eigenvalue weighted by Crippen LogP contribution is -2.31. The second-order valence-corrected chi connectivity index (χ2v) is 5.29. The quantitative estimate of drug-likeness (QED) is 0.818. The van der Waals surface area contributed by atoms with E-state index >= 15 is 0 Å². The Hall–Kier alpha value is -1.16. The van der Waals surface area contributed by atoms with Crippen LogP contribution in [-0.4, -0.2) is 22.6 Å². The smallest absolute Gasteiger partial charge is 0.223 e. The largest absolute Gasteiger partial charge is 0.353 e. The van der Waals surface area contributed by atoms with Gasteiger partial charge in [-0.1, -0.05) is 13.8 Å². The van der Waals surface area contributed by atoms with E-state index in [9.17, 15) is 0 Å². The van der Waals surface area contributed by atoms with Crippen LogP contribution in [0, 0.1) is 12.8 Å². The van der Waals surface area contributed by atoms with Crippen LogP contribution in [0.25, 0.3) is 0 Å². The fourth-order valence-electron chi connectivity index (χ4n) is 1.87. The second-order valence-electron chi connectivity index (χ2n) is 5.29. The Morgan fingerprint density at radius 2 is 2.12 bits per heavy atom. The molecule has 94 valence electrons. The summed E-state index contributed by atoms with van der Waals surface area (Å²) < 4.78 is 0. The van der Waals surface area contributed by atoms with E-state index in [-0.39, 0.29) is 6.04 Å². The molecule has 17 heavy (non-hydrogen) atoms. The van der Waals surface area contributed by atoms with E-state index in [4.69, 9.17) is 5.73 Å². The topological polar surface area (TPSA) is 63.8 Å². The number of aryl methyl sites for hydroxylation is 1. The lowest BCUT2D eigenvalue weighted by atomic mass is 10.1. The molecule has 1 aliphatic carbocycles. The van der Waals surface area contributed by atoms with Crippen molar-refractivity contribution in [1.82, 2.24) is 9.97 Å². The van der Waals surface area contributed by atoms with Gasteiger partial charge in [0, 0.05) is 24.0 Å². The zero-order valence-electron chi connectivity index (χ0n) is 10.9. The minimum atomic E-state index is 0.238. The number of anilines is 1. The van der Waals surface area contributed by atoms with Crippen LogP contribution in [0.5, 0.6) is 0 Å². The molecule has 0 saturated heterocycles. The van der Waals surface area contributed by atoms with Crippen LogP contribution >= 0.6 is 0 Å². The third-order valence-electron chi connectivity index (χ3n) is 3.19. The van der Waals surface area contributed by atoms with Crippen LogP contribution in [-0.2, 0) is 0 Å². The maximum absolute atomic E-state index is 6.04. The molecule has 3 N–H and O–H groups in total. The maximum atomic E-state index is 6.04. The van der Waals surface area contributed by atoms with Crippen molar-refractivity contribution in [2.24, 2.45) is 11.7 Å². The van der Waals surface area contributed by atoms with Gasteiger partial charge in [-0.05, 0) is 37.7 Å². The normalized spacial score (nSPS) is 17.2. The lowest BCUT2D eigenvalue weighted by molar-refractivity contribution is 0.618. The molecule has 1 heterocycles. The van der Waals surface area contributed by atoms with E-state index in [0.717, 1.165) is 17.9 Å². The fourth-order valence-corrected chi connectivity index (χ4v) is 1.87. The highest BCUT2D eigenvalue weighted by molar-refractivity contribution is 5.29. The van der Waals surface area contributed by atoms with Gasteiger partial charge in [0.15, 0.2) is 0 Å². The summed E-state index contributed by atoms with van der Waals surface area (Å²) in [7, 11) is 0. The third kappa shape index (κ3) is 3.40. The van der Waals surface area contributed by atoms with Crippen LogP contribution in [0.4, 0.5) is 5.95 Å². The van der Waals surface area contributed by atoms with Crippen LogP contribution in [0.1, 0.15) is 44.0 Å². The molecule has 1 unspecified atom stereocenters. The van der Waals surface area contributed by atoms with Crippen molar-refractivity contribution < 1.29 is 0 Å². The van der Waals surface area contributed by atoms with Crippen LogP contribution in [0.2, 0.25) is 0 Å². The van der Waals surface area contributed by atoms with Crippen LogP contribution < -0.4 is 11.1 Å². The minimum absolute atomic E-state index is 0.238. The molecule has 0 aromatic carbocycles. The maximum Gasteiger partial charge on any atom is 0.223 e. The summed E-state index contributed by atoms with van der Waals surface area (Å²) in [5.41, 5.74) is 8.13. The molecule has 1 fully saturated rings. The monoisotopic (exact) mass is 234 g/mol. The molecular formula is C13H22N4. The molecule has 4 nitrogen and oxygen atoms in total. The Morgan fingerprint density at radius 1 is 1.41 bits per heavy atom. The van der Waals surface area contributed by atoms with Crippen molar-refractivity contribution in [2.45, 2.75) is 45.6 Å². The molecule has 1 aromatic heterocycles. The first-order valence-electron chi connectivity index (χ1n) is 6.41. The van der Waals surface area contributed by atoms with Crippen LogP contribution in [0.15, 0.2) is 6.07 Å². The Balaban J connectivity index is 1.99. The van der Waals surface area contributed by atoms with Crippen molar-refractivity contribution in [1.29, 1.82) is 0 Å². The Kier molecular flexibility index (Phi) is 3.62. The molecule has 1 aliphatic rings. The predicted octanol–water partition coefficient (Wildman–Crippen LogP) is 2.06. The van der Waals surface area contributed by atoms with Gasteiger partial charge in [0.1, 0.15) is 0 Å². The van der Waals surface area contributed by atoms with Gasteiger partial charge in [-0.2, -0.15) is 0 Å². The van der Waals surface area contributed by atoms with Gasteiger partial charge in [-0.3, -0.25) is 0 Å². The van der Waals surface area contributed by atoms with Crippen molar-refractivity contribution in [3.05, 3.63) is 17.5 Å². The molecule has 0 radical (unpaired) electrons. The molecular weight excluding hydrogens is 212 g/mol. The van der Waals surface area contributed by atoms with Gasteiger partial charge in [0.25, 0.3) is 0 Å². The van der Waals surface area contributed by atoms with Crippen molar-refractivity contribution >= 4 is 5.95 Å². The molecule has 0 bridgehead atoms. The van der Waals surface area contributed by atoms with Crippen molar-refractivity contribution in [2.75, 3.05) is 11.9 Å². The minimum Gasteiger partial charge on any atom is -0.353 e. The average Bonchev–Trinajstić information content (AvgIpc) is 3.08. The third-order valence-corrected chi connectivity index (χ3v) is 3.19. The summed E-state index contributed by atoms with van der Waals surface area (Å²) in [6.45, 7) is 7.05. The molecule has 1 aromatic rings. The van der Waals surface area contributed by atoms with E-state index in [1.165, 1.54) is 12.8 Å². The van der Waals surface area contributed by atoms with E-state index in [1.807, 2.05) is 13.0 Å². The summed E-state index contributed by atoms with van der Waals surface area (Å²) >= 11 is 0. The summed E-state index contributed by atoms with van der Waals surface area (Å²) in [6.07, 6.45) is 2.55. The summed E-state index contributed by atoms with van der Waals surface area (Å²) in [5, 5.41) is 3.25. The zero-order valence-corrected chi connectivity index (χ0v) is 10.9. The van der Waals surface area contributed by atoms with Crippen molar-refractivity contribution in [3.63, 3.8) is 0 Å². The molecule has 0 spiro atoms. The molecule has 1 atom stereocenters. The number of nitrogens with zero attached hydrogens (tertiary/aromatic N) is 2. The molecule has 1 saturated carbocycles. The van der Waals surface area contributed by atoms with Gasteiger partial charge >= 0.3 is 0 Å². The van der Waals surface area contributed by atoms with E-state index in [2.05, 4.69) is 29.1 Å². The van der Waals surface area contributed by atoms with Gasteiger partial charge < -0.3 is 11.1 Å². The predicted molar refractivity (Wildman–Crippen MR) is 70.0 cm³/mol. The SMILES string of the molecule is Cc1cc(C(C)C)nc(NCC(N)C2CC2)n1. The summed E-state index contributed by atoms with van der Waals surface area (Å²) in [6, 6.07) is 2.28. The van der Waals surface area contributed by atoms with E-state index < -0.39 is 0 Å². The highest BCUT2D eigenvalue weighted by Gasteiger charge is 2.28. The summed E-state index contributed by atoms with van der Waals surface area (Å²) in [4.78, 5) is 8.90. The molecule has 2 rings (SSSR count). The molecule has 0 amide bonds. The first kappa shape index (κ1) is 12.3. The van der Waals surface area contributed by atoms with Gasteiger partial charge in [-0.25, -0.2) is 9.97 Å². The Bertz CT molecular complexity index is 385. The van der Waals surface area contributed by atoms with E-state index in [0.29, 0.717) is 17.8 Å². The number of aromatic nitrogens is 2. The van der Waals surface area contributed by atoms with Crippen LogP contribution in [0.3, 0.4) is 0 Å². The zero-order chi connectivity index (χ0) is 12.4. The Labute approximate surface area is 103 Å². The average molecular weight is 234 g/mol. The number of hydrogen-bond donors (Lipinski definition) is 2. The standard InChI is InChI=1S/C13H22N4/c1-8(2)12-6-9(3)16-13(17-12)15-7-11(14)10-4-5-10/h6,8,10-11H,4-5,7,14H2,1-3H3,(H,15,16,17). The molecule has 4 heteroatoms. The van der Waals surface area contributed by atoms with E-state index in [1.54, 1.807) is 0 Å². The first-order chi connectivity index (χ1) is 8.06. The number of hydrogen-bond acceptors (Lipinski definition) is 4. The van der Waals surface area contributed by atoms with Gasteiger partial charge in [0.2, 0.25) is 5.95 Å². The Morgan fingerprint density at radius 3 is 2.71 bits per heavy atom. The van der Waals surface area contributed by atoms with Crippen molar-refractivity contribution in [3.8, 4) is 0 Å². The van der Waals surface area contributed by atoms with Gasteiger partial charge in [0.05, 0.1) is 0 Å². The first-order valence-corrected chi connectivity index (χ1v) is 6.41. The highest BCUT2D eigenvalue weighted by atomic mass is 15.1. The number of nitrogens with one attached hydrogen (secondary N) is 1. The van der Waals surface area contributed by atoms with Gasteiger partial charge in [-0.15, -0.1) is 0 Å². The highest BCUT2D eigenvalue weighted by Crippen LogP contribution is 2.31. The lowest BCUT2D eigenvalue weighted by Gasteiger charge is -2.13. The number of nitrogens with two attached hydrogens (primary N) is 1. The number of rotatable bonds is 5. The fraction of sp³-hybridized carbons (Fsp3) is 0.692. The molecule has 0 aliphatic heterocycles. The summed E-state index contributed by atoms with van der Waals surface area (Å²) in [5.74, 6) is 1.84. The second kappa shape index (κ2) is 5.00.